The quantitative estimate of drug-likeness (QED) is 0.204. The molecule has 10 heteroatoms. The monoisotopic (exact) mass is 499 g/mol. The minimum absolute atomic E-state index is 0.00449. The summed E-state index contributed by atoms with van der Waals surface area (Å²) in [7, 11) is -3.91. The molecule has 3 N–H and O–H groups in total. The van der Waals surface area contributed by atoms with Crippen molar-refractivity contribution in [2.45, 2.75) is 41.5 Å². The summed E-state index contributed by atoms with van der Waals surface area (Å²) in [6, 6.07) is 12.2. The highest BCUT2D eigenvalue weighted by Gasteiger charge is 2.42. The van der Waals surface area contributed by atoms with Crippen molar-refractivity contribution in [1.82, 2.24) is 0 Å². The van der Waals surface area contributed by atoms with Crippen LogP contribution in [0.2, 0.25) is 0 Å². The number of unbranched alkanes of at least 4 members (excludes halogenated alkanes) is 1. The van der Waals surface area contributed by atoms with Gasteiger partial charge in [-0.05, 0) is 30.9 Å². The Balaban J connectivity index is 2.19. The zero-order valence-corrected chi connectivity index (χ0v) is 19.9. The van der Waals surface area contributed by atoms with Crippen molar-refractivity contribution < 1.29 is 32.5 Å². The first-order valence-electron chi connectivity index (χ1n) is 10.4. The topological polar surface area (TPSA) is 90.2 Å². The van der Waals surface area contributed by atoms with Gasteiger partial charge >= 0.3 is 5.97 Å². The van der Waals surface area contributed by atoms with Gasteiger partial charge < -0.3 is 14.7 Å². The molecule has 2 aromatic carbocycles. The maximum Gasteiger partial charge on any atom is 0.368 e. The molecule has 6 nitrogen and oxygen atoms in total. The van der Waals surface area contributed by atoms with Crippen LogP contribution in [-0.2, 0) is 4.79 Å². The van der Waals surface area contributed by atoms with Crippen LogP contribution in [0.15, 0.2) is 64.3 Å². The first-order chi connectivity index (χ1) is 15.7. The van der Waals surface area contributed by atoms with Gasteiger partial charge in [-0.15, -0.1) is 22.4 Å². The summed E-state index contributed by atoms with van der Waals surface area (Å²) in [5, 5.41) is 8.73. The number of alkyl halides is 1. The molecule has 0 radical (unpaired) electrons. The highest BCUT2D eigenvalue weighted by Crippen LogP contribution is 2.63. The van der Waals surface area contributed by atoms with Gasteiger partial charge in [0.05, 0.1) is 15.5 Å². The first-order valence-corrected chi connectivity index (χ1v) is 13.3. The number of fused-ring (bicyclic) bond motifs is 1. The molecule has 1 heterocycles. The van der Waals surface area contributed by atoms with Gasteiger partial charge in [-0.25, -0.2) is 9.18 Å². The molecule has 0 saturated carbocycles. The van der Waals surface area contributed by atoms with E-state index < -0.39 is 33.8 Å². The predicted octanol–water partition coefficient (Wildman–Crippen LogP) is 7.05. The molecule has 180 valence electrons. The van der Waals surface area contributed by atoms with Crippen LogP contribution < -0.4 is 9.64 Å². The van der Waals surface area contributed by atoms with E-state index in [1.165, 1.54) is 17.8 Å². The molecule has 1 aliphatic rings. The van der Waals surface area contributed by atoms with E-state index >= 15 is 4.39 Å². The summed E-state index contributed by atoms with van der Waals surface area (Å²) >= 11 is 1.25. The molecule has 0 aliphatic carbocycles. The van der Waals surface area contributed by atoms with Crippen LogP contribution in [0.1, 0.15) is 26.2 Å². The third kappa shape index (κ3) is 5.46. The Hall–Kier alpha value is -2.27. The predicted molar refractivity (Wildman–Crippen MR) is 128 cm³/mol. The van der Waals surface area contributed by atoms with Gasteiger partial charge in [-0.1, -0.05) is 38.0 Å². The number of carbonyl (C=O) groups is 1. The average molecular weight is 500 g/mol. The first kappa shape index (κ1) is 25.4. The molecule has 0 amide bonds. The number of anilines is 2. The minimum Gasteiger partial charge on any atom is -0.476 e. The molecule has 33 heavy (non-hydrogen) atoms. The smallest absolute Gasteiger partial charge is 0.368 e. The van der Waals surface area contributed by atoms with Gasteiger partial charge in [0.2, 0.25) is 5.83 Å². The summed E-state index contributed by atoms with van der Waals surface area (Å²) in [5.74, 6) is -3.94. The van der Waals surface area contributed by atoms with Crippen molar-refractivity contribution in [2.75, 3.05) is 17.7 Å². The summed E-state index contributed by atoms with van der Waals surface area (Å²) in [4.78, 5) is 13.1. The van der Waals surface area contributed by atoms with Crippen LogP contribution in [0.4, 0.5) is 20.2 Å². The number of thioether (sulfide) groups is 1. The molecule has 0 saturated heterocycles. The largest absolute Gasteiger partial charge is 0.476 e. The van der Waals surface area contributed by atoms with Crippen LogP contribution in [0, 0.1) is 5.92 Å². The van der Waals surface area contributed by atoms with E-state index in [1.54, 1.807) is 12.3 Å². The fraction of sp³-hybridized carbons (Fsp3) is 0.348. The third-order valence-electron chi connectivity index (χ3n) is 5.45. The van der Waals surface area contributed by atoms with Gasteiger partial charge in [-0.2, -0.15) is 4.39 Å². The Morgan fingerprint density at radius 1 is 1.30 bits per heavy atom. The molecular formula is C23H27F2NO5S2. The van der Waals surface area contributed by atoms with Crippen molar-refractivity contribution >= 4 is 39.7 Å². The molecule has 2 atom stereocenters. The van der Waals surface area contributed by atoms with Crippen molar-refractivity contribution in [3.63, 3.8) is 0 Å². The summed E-state index contributed by atoms with van der Waals surface area (Å²) < 4.78 is 56.5. The fourth-order valence-corrected chi connectivity index (χ4v) is 6.04. The zero-order chi connectivity index (χ0) is 24.2. The maximum absolute atomic E-state index is 15.6. The van der Waals surface area contributed by atoms with Gasteiger partial charge in [-0.3, -0.25) is 9.11 Å². The number of hydrogen-bond donors (Lipinski definition) is 3. The molecule has 3 rings (SSSR count). The second-order valence-electron chi connectivity index (χ2n) is 7.65. The van der Waals surface area contributed by atoms with E-state index in [9.17, 15) is 18.3 Å². The van der Waals surface area contributed by atoms with E-state index in [2.05, 4.69) is 0 Å². The molecule has 0 unspecified atom stereocenters. The van der Waals surface area contributed by atoms with Crippen LogP contribution in [-0.4, -0.2) is 38.5 Å². The van der Waals surface area contributed by atoms with Gasteiger partial charge in [0, 0.05) is 24.2 Å². The van der Waals surface area contributed by atoms with Crippen molar-refractivity contribution in [1.29, 1.82) is 0 Å². The highest BCUT2D eigenvalue weighted by atomic mass is 32.3. The van der Waals surface area contributed by atoms with Crippen LogP contribution in [0.5, 0.6) is 5.75 Å². The lowest BCUT2D eigenvalue weighted by molar-refractivity contribution is -0.134. The van der Waals surface area contributed by atoms with Crippen molar-refractivity contribution in [3.8, 4) is 5.75 Å². The highest BCUT2D eigenvalue weighted by molar-refractivity contribution is 8.24. The Morgan fingerprint density at radius 2 is 2.00 bits per heavy atom. The summed E-state index contributed by atoms with van der Waals surface area (Å²) in [6.45, 7) is 2.24. The number of ether oxygens (including phenoxy) is 1. The lowest BCUT2D eigenvalue weighted by Crippen LogP contribution is -2.30. The van der Waals surface area contributed by atoms with E-state index in [4.69, 9.17) is 9.84 Å². The molecule has 0 spiro atoms. The average Bonchev–Trinajstić information content (AvgIpc) is 2.89. The Bertz CT molecular complexity index is 1020. The summed E-state index contributed by atoms with van der Waals surface area (Å²) in [5.41, 5.74) is -0.722. The number of rotatable bonds is 8. The van der Waals surface area contributed by atoms with Crippen molar-refractivity contribution in [3.05, 3.63) is 54.6 Å². The number of benzene rings is 2. The molecular weight excluding hydrogens is 472 g/mol. The number of carboxylic acids is 1. The zero-order valence-electron chi connectivity index (χ0n) is 18.3. The Kier molecular flexibility index (Phi) is 8.28. The second kappa shape index (κ2) is 10.8. The standard InChI is InChI=1S/C23H27F2NO5S2/c1-3-4-8-15-13-26(16-9-6-5-7-10-16)18-11-20(32-2)19(31-14-17(24)23(27)28)12-21(18)33(29,30)22(15)25/h5-7,9-12,14-15,22,29-30H,3-4,8,13H2,1-2H3,(H,27,28)/t15-,22+/m0/s1. The van der Waals surface area contributed by atoms with Gasteiger partial charge in [0.15, 0.2) is 5.50 Å². The SMILES string of the molecule is CCCC[C@H]1CN(c2ccccc2)c2cc(SC)c(OC=C(F)C(=O)O)cc2S(O)(O)[C@H]1F. The van der Waals surface area contributed by atoms with E-state index in [-0.39, 0.29) is 17.2 Å². The molecule has 0 aromatic heterocycles. The fourth-order valence-electron chi connectivity index (χ4n) is 3.75. The van der Waals surface area contributed by atoms with Crippen LogP contribution >= 0.6 is 22.4 Å². The van der Waals surface area contributed by atoms with Gasteiger partial charge in [0.25, 0.3) is 0 Å². The van der Waals surface area contributed by atoms with Crippen LogP contribution in [0.25, 0.3) is 0 Å². The number of hydrogen-bond acceptors (Lipinski definition) is 6. The molecule has 2 aromatic rings. The lowest BCUT2D eigenvalue weighted by atomic mass is 10.0. The molecule has 0 fully saturated rings. The minimum atomic E-state index is -3.91. The van der Waals surface area contributed by atoms with E-state index in [0.717, 1.165) is 18.5 Å². The number of carboxylic acid groups (broad SMARTS) is 1. The number of para-hydroxylation sites is 1. The summed E-state index contributed by atoms with van der Waals surface area (Å²) in [6.07, 6.45) is 4.24. The number of halogens is 2. The third-order valence-corrected chi connectivity index (χ3v) is 8.20. The number of nitrogens with zero attached hydrogens (tertiary/aromatic N) is 1. The Morgan fingerprint density at radius 3 is 2.61 bits per heavy atom. The van der Waals surface area contributed by atoms with E-state index in [1.807, 2.05) is 42.2 Å². The Labute approximate surface area is 197 Å². The van der Waals surface area contributed by atoms with E-state index in [0.29, 0.717) is 23.3 Å². The van der Waals surface area contributed by atoms with Crippen LogP contribution in [0.3, 0.4) is 0 Å². The molecule has 0 bridgehead atoms. The van der Waals surface area contributed by atoms with Crippen molar-refractivity contribution in [2.24, 2.45) is 5.92 Å². The molecule has 1 aliphatic heterocycles. The number of aliphatic carboxylic acids is 1. The lowest BCUT2D eigenvalue weighted by Gasteiger charge is -2.37. The van der Waals surface area contributed by atoms with Gasteiger partial charge in [0.1, 0.15) is 12.0 Å². The second-order valence-corrected chi connectivity index (χ2v) is 10.6. The normalized spacial score (nSPS) is 21.2. The maximum atomic E-state index is 15.6.